The Kier molecular flexibility index (Phi) is 4.10. The van der Waals surface area contributed by atoms with Gasteiger partial charge in [-0.3, -0.25) is 4.68 Å². The molecule has 4 heteroatoms. The van der Waals surface area contributed by atoms with Crippen molar-refractivity contribution in [3.63, 3.8) is 0 Å². The number of aromatic nitrogens is 2. The van der Waals surface area contributed by atoms with Gasteiger partial charge in [-0.05, 0) is 19.9 Å². The van der Waals surface area contributed by atoms with Gasteiger partial charge in [0.25, 0.3) is 0 Å². The van der Waals surface area contributed by atoms with Crippen LogP contribution in [0.3, 0.4) is 0 Å². The Morgan fingerprint density at radius 3 is 2.79 bits per heavy atom. The fourth-order valence-corrected chi connectivity index (χ4v) is 1.25. The number of hydrogen-bond acceptors (Lipinski definition) is 3. The summed E-state index contributed by atoms with van der Waals surface area (Å²) < 4.78 is 1.87. The zero-order valence-electron chi connectivity index (χ0n) is 9.07. The van der Waals surface area contributed by atoms with Crippen LogP contribution in [-0.4, -0.2) is 33.6 Å². The van der Waals surface area contributed by atoms with Gasteiger partial charge in [0.1, 0.15) is 0 Å². The first-order chi connectivity index (χ1) is 6.61. The van der Waals surface area contributed by atoms with Gasteiger partial charge >= 0.3 is 0 Å². The normalized spacial score (nSPS) is 15.4. The summed E-state index contributed by atoms with van der Waals surface area (Å²) in [6.07, 6.45) is 2.43. The van der Waals surface area contributed by atoms with Crippen LogP contribution in [0, 0.1) is 0 Å². The Morgan fingerprint density at radius 2 is 2.29 bits per heavy atom. The molecule has 0 saturated heterocycles. The first-order valence-corrected chi connectivity index (χ1v) is 4.99. The van der Waals surface area contributed by atoms with E-state index in [1.165, 1.54) is 5.69 Å². The molecule has 2 unspecified atom stereocenters. The summed E-state index contributed by atoms with van der Waals surface area (Å²) in [6.45, 7) is 4.64. The first kappa shape index (κ1) is 11.2. The molecule has 4 nitrogen and oxygen atoms in total. The highest BCUT2D eigenvalue weighted by atomic mass is 16.3. The van der Waals surface area contributed by atoms with Crippen molar-refractivity contribution < 1.29 is 5.11 Å². The third-order valence-corrected chi connectivity index (χ3v) is 2.49. The lowest BCUT2D eigenvalue weighted by Crippen LogP contribution is -2.36. The van der Waals surface area contributed by atoms with E-state index in [0.717, 1.165) is 13.0 Å². The maximum Gasteiger partial charge on any atom is 0.0662 e. The molecule has 1 aromatic heterocycles. The van der Waals surface area contributed by atoms with E-state index in [1.54, 1.807) is 13.1 Å². The highest BCUT2D eigenvalue weighted by Crippen LogP contribution is 1.97. The third kappa shape index (κ3) is 3.12. The van der Waals surface area contributed by atoms with E-state index in [0.29, 0.717) is 0 Å². The SMILES string of the molecule is CC(O)C(C)NCCc1ccnn1C. The maximum absolute atomic E-state index is 9.25. The summed E-state index contributed by atoms with van der Waals surface area (Å²) in [5.41, 5.74) is 1.20. The molecule has 0 bridgehead atoms. The number of nitrogens with one attached hydrogen (secondary N) is 1. The van der Waals surface area contributed by atoms with Crippen molar-refractivity contribution in [2.24, 2.45) is 7.05 Å². The maximum atomic E-state index is 9.25. The van der Waals surface area contributed by atoms with Gasteiger partial charge in [0.2, 0.25) is 0 Å². The molecule has 0 aliphatic carbocycles. The number of aliphatic hydroxyl groups excluding tert-OH is 1. The number of rotatable bonds is 5. The molecule has 2 atom stereocenters. The quantitative estimate of drug-likeness (QED) is 0.715. The average Bonchev–Trinajstić information content (AvgIpc) is 2.51. The fourth-order valence-electron chi connectivity index (χ4n) is 1.25. The number of aliphatic hydroxyl groups is 1. The summed E-state index contributed by atoms with van der Waals surface area (Å²) in [4.78, 5) is 0. The molecule has 0 aromatic carbocycles. The van der Waals surface area contributed by atoms with Gasteiger partial charge in [0, 0.05) is 37.9 Å². The average molecular weight is 197 g/mol. The minimum atomic E-state index is -0.304. The molecule has 0 fully saturated rings. The molecule has 0 spiro atoms. The Balaban J connectivity index is 2.25. The Hall–Kier alpha value is -0.870. The van der Waals surface area contributed by atoms with E-state index >= 15 is 0 Å². The zero-order chi connectivity index (χ0) is 10.6. The van der Waals surface area contributed by atoms with Crippen molar-refractivity contribution >= 4 is 0 Å². The van der Waals surface area contributed by atoms with E-state index in [4.69, 9.17) is 0 Å². The largest absolute Gasteiger partial charge is 0.392 e. The third-order valence-electron chi connectivity index (χ3n) is 2.49. The van der Waals surface area contributed by atoms with Gasteiger partial charge in [-0.25, -0.2) is 0 Å². The molecule has 0 radical (unpaired) electrons. The second-order valence-corrected chi connectivity index (χ2v) is 3.68. The van der Waals surface area contributed by atoms with Gasteiger partial charge < -0.3 is 10.4 Å². The van der Waals surface area contributed by atoms with E-state index in [2.05, 4.69) is 10.4 Å². The molecule has 0 aliphatic rings. The lowest BCUT2D eigenvalue weighted by atomic mass is 10.2. The monoisotopic (exact) mass is 197 g/mol. The fraction of sp³-hybridized carbons (Fsp3) is 0.700. The van der Waals surface area contributed by atoms with Crippen molar-refractivity contribution in [1.82, 2.24) is 15.1 Å². The van der Waals surface area contributed by atoms with Crippen LogP contribution in [0.5, 0.6) is 0 Å². The predicted octanol–water partition coefficient (Wildman–Crippen LogP) is 0.321. The molecule has 0 saturated carbocycles. The molecule has 1 heterocycles. The van der Waals surface area contributed by atoms with Gasteiger partial charge in [0.05, 0.1) is 6.10 Å². The van der Waals surface area contributed by atoms with Gasteiger partial charge in [-0.1, -0.05) is 0 Å². The number of aryl methyl sites for hydroxylation is 1. The summed E-state index contributed by atoms with van der Waals surface area (Å²) >= 11 is 0. The van der Waals surface area contributed by atoms with E-state index < -0.39 is 0 Å². The van der Waals surface area contributed by atoms with Crippen LogP contribution in [0.1, 0.15) is 19.5 Å². The molecule has 0 aliphatic heterocycles. The Labute approximate surface area is 84.9 Å². The summed E-state index contributed by atoms with van der Waals surface area (Å²) in [7, 11) is 1.94. The topological polar surface area (TPSA) is 50.1 Å². The van der Waals surface area contributed by atoms with Crippen LogP contribution in [-0.2, 0) is 13.5 Å². The van der Waals surface area contributed by atoms with Crippen molar-refractivity contribution in [3.8, 4) is 0 Å². The van der Waals surface area contributed by atoms with Crippen molar-refractivity contribution in [1.29, 1.82) is 0 Å². The van der Waals surface area contributed by atoms with E-state index in [9.17, 15) is 5.11 Å². The second kappa shape index (κ2) is 5.12. The van der Waals surface area contributed by atoms with Crippen molar-refractivity contribution in [2.75, 3.05) is 6.54 Å². The Morgan fingerprint density at radius 1 is 1.57 bits per heavy atom. The minimum Gasteiger partial charge on any atom is -0.392 e. The van der Waals surface area contributed by atoms with Crippen molar-refractivity contribution in [2.45, 2.75) is 32.4 Å². The molecule has 14 heavy (non-hydrogen) atoms. The molecular weight excluding hydrogens is 178 g/mol. The molecular formula is C10H19N3O. The van der Waals surface area contributed by atoms with E-state index in [-0.39, 0.29) is 12.1 Å². The summed E-state index contributed by atoms with van der Waals surface area (Å²) in [5.74, 6) is 0. The predicted molar refractivity (Wildman–Crippen MR) is 56.1 cm³/mol. The van der Waals surface area contributed by atoms with Gasteiger partial charge in [0.15, 0.2) is 0 Å². The molecule has 0 amide bonds. The minimum absolute atomic E-state index is 0.142. The molecule has 1 aromatic rings. The van der Waals surface area contributed by atoms with Crippen LogP contribution in [0.15, 0.2) is 12.3 Å². The van der Waals surface area contributed by atoms with Crippen LogP contribution in [0.4, 0.5) is 0 Å². The molecule has 2 N–H and O–H groups in total. The highest BCUT2D eigenvalue weighted by Gasteiger charge is 2.07. The number of nitrogens with zero attached hydrogens (tertiary/aromatic N) is 2. The smallest absolute Gasteiger partial charge is 0.0662 e. The van der Waals surface area contributed by atoms with Gasteiger partial charge in [-0.15, -0.1) is 0 Å². The van der Waals surface area contributed by atoms with Crippen LogP contribution in [0.25, 0.3) is 0 Å². The molecule has 1 rings (SSSR count). The van der Waals surface area contributed by atoms with E-state index in [1.807, 2.05) is 24.7 Å². The molecule has 80 valence electrons. The number of hydrogen-bond donors (Lipinski definition) is 2. The van der Waals surface area contributed by atoms with Crippen LogP contribution in [0.2, 0.25) is 0 Å². The highest BCUT2D eigenvalue weighted by molar-refractivity contribution is 5.00. The lowest BCUT2D eigenvalue weighted by Gasteiger charge is -2.16. The van der Waals surface area contributed by atoms with Crippen LogP contribution < -0.4 is 5.32 Å². The van der Waals surface area contributed by atoms with Crippen LogP contribution >= 0.6 is 0 Å². The summed E-state index contributed by atoms with van der Waals surface area (Å²) in [5, 5.41) is 16.6. The van der Waals surface area contributed by atoms with Gasteiger partial charge in [-0.2, -0.15) is 5.10 Å². The van der Waals surface area contributed by atoms with Crippen molar-refractivity contribution in [3.05, 3.63) is 18.0 Å². The lowest BCUT2D eigenvalue weighted by molar-refractivity contribution is 0.153. The zero-order valence-corrected chi connectivity index (χ0v) is 9.07. The standard InChI is InChI=1S/C10H19N3O/c1-8(9(2)14)11-6-4-10-5-7-12-13(10)3/h5,7-9,11,14H,4,6H2,1-3H3. The summed E-state index contributed by atoms with van der Waals surface area (Å²) in [6, 6.07) is 2.15. The second-order valence-electron chi connectivity index (χ2n) is 3.68. The first-order valence-electron chi connectivity index (χ1n) is 4.99. The Bertz CT molecular complexity index is 270.